The average Bonchev–Trinajstić information content (AvgIpc) is 2.56. The van der Waals surface area contributed by atoms with E-state index in [0.29, 0.717) is 16.9 Å². The van der Waals surface area contributed by atoms with Crippen molar-refractivity contribution < 1.29 is 9.53 Å². The molecule has 0 aliphatic carbocycles. The van der Waals surface area contributed by atoms with Gasteiger partial charge in [-0.15, -0.1) is 0 Å². The van der Waals surface area contributed by atoms with E-state index in [9.17, 15) is 4.79 Å². The number of benzene rings is 2. The lowest BCUT2D eigenvalue weighted by Crippen LogP contribution is -2.04. The fraction of sp³-hybridized carbons (Fsp3) is 0.0526. The molecule has 1 aromatic heterocycles. The van der Waals surface area contributed by atoms with Crippen LogP contribution in [0.4, 0.5) is 0 Å². The highest BCUT2D eigenvalue weighted by Crippen LogP contribution is 2.23. The average molecular weight is 289 g/mol. The summed E-state index contributed by atoms with van der Waals surface area (Å²) in [4.78, 5) is 16.6. The van der Waals surface area contributed by atoms with E-state index in [1.165, 1.54) is 0 Å². The number of carbonyl (C=O) groups excluding carboxylic acids is 1. The van der Waals surface area contributed by atoms with Crippen molar-refractivity contribution in [3.63, 3.8) is 0 Å². The summed E-state index contributed by atoms with van der Waals surface area (Å²) in [6.07, 6.45) is 3.28. The normalized spacial score (nSPS) is 10.2. The summed E-state index contributed by atoms with van der Waals surface area (Å²) in [5.74, 6) is 1.33. The Labute approximate surface area is 129 Å². The van der Waals surface area contributed by atoms with Crippen molar-refractivity contribution in [3.05, 3.63) is 89.7 Å². The lowest BCUT2D eigenvalue weighted by atomic mass is 10.0. The molecule has 0 fully saturated rings. The number of ketones is 1. The van der Waals surface area contributed by atoms with E-state index in [2.05, 4.69) is 4.98 Å². The van der Waals surface area contributed by atoms with Gasteiger partial charge < -0.3 is 4.74 Å². The van der Waals surface area contributed by atoms with Crippen LogP contribution in [0.1, 0.15) is 21.5 Å². The van der Waals surface area contributed by atoms with Gasteiger partial charge in [-0.1, -0.05) is 30.3 Å². The van der Waals surface area contributed by atoms with E-state index in [-0.39, 0.29) is 5.78 Å². The molecule has 3 rings (SSSR count). The minimum atomic E-state index is -0.0517. The molecule has 0 radical (unpaired) electrons. The van der Waals surface area contributed by atoms with Gasteiger partial charge in [0.05, 0.1) is 0 Å². The van der Waals surface area contributed by atoms with Crippen LogP contribution >= 0.6 is 0 Å². The summed E-state index contributed by atoms with van der Waals surface area (Å²) in [5.41, 5.74) is 2.11. The lowest BCUT2D eigenvalue weighted by molar-refractivity contribution is 0.103. The van der Waals surface area contributed by atoms with E-state index in [4.69, 9.17) is 4.74 Å². The zero-order valence-electron chi connectivity index (χ0n) is 12.2. The summed E-state index contributed by atoms with van der Waals surface area (Å²) in [6, 6.07) is 18.5. The van der Waals surface area contributed by atoms with Crippen molar-refractivity contribution in [2.24, 2.45) is 0 Å². The van der Waals surface area contributed by atoms with E-state index in [0.717, 1.165) is 11.3 Å². The molecule has 0 saturated carbocycles. The number of carbonyl (C=O) groups is 1. The summed E-state index contributed by atoms with van der Waals surface area (Å²) >= 11 is 0. The second kappa shape index (κ2) is 6.22. The molecule has 0 saturated heterocycles. The Morgan fingerprint density at radius 3 is 2.50 bits per heavy atom. The third kappa shape index (κ3) is 3.04. The summed E-state index contributed by atoms with van der Waals surface area (Å²) in [7, 11) is 0. The first kappa shape index (κ1) is 14.0. The van der Waals surface area contributed by atoms with Gasteiger partial charge in [0, 0.05) is 23.5 Å². The van der Waals surface area contributed by atoms with Gasteiger partial charge in [-0.3, -0.25) is 9.78 Å². The van der Waals surface area contributed by atoms with Crippen molar-refractivity contribution in [1.29, 1.82) is 0 Å². The minimum Gasteiger partial charge on any atom is -0.457 e. The quantitative estimate of drug-likeness (QED) is 0.668. The topological polar surface area (TPSA) is 39.2 Å². The molecular weight excluding hydrogens is 274 g/mol. The van der Waals surface area contributed by atoms with Crippen LogP contribution in [-0.2, 0) is 0 Å². The molecule has 3 aromatic rings. The highest BCUT2D eigenvalue weighted by molar-refractivity contribution is 6.09. The molecule has 3 nitrogen and oxygen atoms in total. The Balaban J connectivity index is 1.88. The highest BCUT2D eigenvalue weighted by Gasteiger charge is 2.12. The Hall–Kier alpha value is -2.94. The molecule has 0 amide bonds. The van der Waals surface area contributed by atoms with E-state index >= 15 is 0 Å². The summed E-state index contributed by atoms with van der Waals surface area (Å²) in [6.45, 7) is 1.90. The van der Waals surface area contributed by atoms with E-state index in [1.807, 2.05) is 55.5 Å². The standard InChI is InChI=1S/C19H15NO2/c1-14-10-11-20-13-18(14)19(21)15-6-5-9-17(12-15)22-16-7-3-2-4-8-16/h2-13H,1H3. The molecule has 3 heteroatoms. The van der Waals surface area contributed by atoms with Gasteiger partial charge in [0.25, 0.3) is 0 Å². The van der Waals surface area contributed by atoms with Gasteiger partial charge >= 0.3 is 0 Å². The number of para-hydroxylation sites is 1. The third-order valence-electron chi connectivity index (χ3n) is 3.36. The summed E-state index contributed by atoms with van der Waals surface area (Å²) < 4.78 is 5.77. The third-order valence-corrected chi connectivity index (χ3v) is 3.36. The first-order valence-electron chi connectivity index (χ1n) is 7.02. The molecule has 0 N–H and O–H groups in total. The number of rotatable bonds is 4. The monoisotopic (exact) mass is 289 g/mol. The van der Waals surface area contributed by atoms with E-state index in [1.54, 1.807) is 24.5 Å². The van der Waals surface area contributed by atoms with Gasteiger partial charge in [-0.2, -0.15) is 0 Å². The molecule has 0 unspecified atom stereocenters. The van der Waals surface area contributed by atoms with Gasteiger partial charge in [0.1, 0.15) is 11.5 Å². The number of ether oxygens (including phenoxy) is 1. The van der Waals surface area contributed by atoms with E-state index < -0.39 is 0 Å². The Kier molecular flexibility index (Phi) is 3.97. The maximum Gasteiger partial charge on any atom is 0.194 e. The number of hydrogen-bond donors (Lipinski definition) is 0. The number of aryl methyl sites for hydroxylation is 1. The fourth-order valence-corrected chi connectivity index (χ4v) is 2.18. The molecule has 2 aromatic carbocycles. The molecule has 108 valence electrons. The van der Waals surface area contributed by atoms with Crippen LogP contribution in [0.5, 0.6) is 11.5 Å². The van der Waals surface area contributed by atoms with Gasteiger partial charge in [-0.05, 0) is 42.8 Å². The Morgan fingerprint density at radius 2 is 1.73 bits per heavy atom. The zero-order valence-corrected chi connectivity index (χ0v) is 12.2. The SMILES string of the molecule is Cc1ccncc1C(=O)c1cccc(Oc2ccccc2)c1. The first-order valence-corrected chi connectivity index (χ1v) is 7.02. The Morgan fingerprint density at radius 1 is 0.955 bits per heavy atom. The van der Waals surface area contributed by atoms with Crippen LogP contribution in [0.25, 0.3) is 0 Å². The lowest BCUT2D eigenvalue weighted by Gasteiger charge is -2.08. The zero-order chi connectivity index (χ0) is 15.4. The molecule has 0 bridgehead atoms. The maximum absolute atomic E-state index is 12.6. The minimum absolute atomic E-state index is 0.0517. The molecule has 0 atom stereocenters. The second-order valence-electron chi connectivity index (χ2n) is 4.96. The number of hydrogen-bond acceptors (Lipinski definition) is 3. The van der Waals surface area contributed by atoms with Crippen LogP contribution in [0.2, 0.25) is 0 Å². The van der Waals surface area contributed by atoms with Crippen LogP contribution in [0.3, 0.4) is 0 Å². The largest absolute Gasteiger partial charge is 0.457 e. The first-order chi connectivity index (χ1) is 10.7. The summed E-state index contributed by atoms with van der Waals surface area (Å²) in [5, 5.41) is 0. The Bertz CT molecular complexity index is 797. The van der Waals surface area contributed by atoms with Crippen LogP contribution in [-0.4, -0.2) is 10.8 Å². The van der Waals surface area contributed by atoms with Gasteiger partial charge in [0.2, 0.25) is 0 Å². The second-order valence-corrected chi connectivity index (χ2v) is 4.96. The molecule has 0 aliphatic heterocycles. The van der Waals surface area contributed by atoms with Crippen molar-refractivity contribution in [3.8, 4) is 11.5 Å². The number of aromatic nitrogens is 1. The number of nitrogens with zero attached hydrogens (tertiary/aromatic N) is 1. The molecule has 0 aliphatic rings. The highest BCUT2D eigenvalue weighted by atomic mass is 16.5. The van der Waals surface area contributed by atoms with Gasteiger partial charge in [0.15, 0.2) is 5.78 Å². The number of pyridine rings is 1. The predicted octanol–water partition coefficient (Wildman–Crippen LogP) is 4.41. The maximum atomic E-state index is 12.6. The van der Waals surface area contributed by atoms with Crippen molar-refractivity contribution in [1.82, 2.24) is 4.98 Å². The molecule has 1 heterocycles. The van der Waals surface area contributed by atoms with Crippen LogP contribution in [0, 0.1) is 6.92 Å². The molecular formula is C19H15NO2. The van der Waals surface area contributed by atoms with Crippen molar-refractivity contribution in [2.45, 2.75) is 6.92 Å². The smallest absolute Gasteiger partial charge is 0.194 e. The fourth-order valence-electron chi connectivity index (χ4n) is 2.18. The van der Waals surface area contributed by atoms with Crippen LogP contribution < -0.4 is 4.74 Å². The predicted molar refractivity (Wildman–Crippen MR) is 85.4 cm³/mol. The molecule has 22 heavy (non-hydrogen) atoms. The van der Waals surface area contributed by atoms with Crippen molar-refractivity contribution in [2.75, 3.05) is 0 Å². The molecule has 0 spiro atoms. The van der Waals surface area contributed by atoms with Crippen molar-refractivity contribution >= 4 is 5.78 Å². The van der Waals surface area contributed by atoms with Gasteiger partial charge in [-0.25, -0.2) is 0 Å². The van der Waals surface area contributed by atoms with Crippen LogP contribution in [0.15, 0.2) is 73.1 Å².